The number of hydrogen-bond donors (Lipinski definition) is 1. The van der Waals surface area contributed by atoms with E-state index < -0.39 is 0 Å². The summed E-state index contributed by atoms with van der Waals surface area (Å²) < 4.78 is 1.98. The van der Waals surface area contributed by atoms with E-state index in [-0.39, 0.29) is 0 Å². The maximum Gasteiger partial charge on any atom is 0.0827 e. The van der Waals surface area contributed by atoms with Gasteiger partial charge in [0.05, 0.1) is 5.69 Å². The zero-order valence-electron chi connectivity index (χ0n) is 11.1. The first-order valence-electron chi connectivity index (χ1n) is 6.96. The molecule has 0 atom stereocenters. The molecule has 2 N–H and O–H groups in total. The fraction of sp³-hybridized carbons (Fsp3) is 0.846. The van der Waals surface area contributed by atoms with E-state index in [0.29, 0.717) is 0 Å². The monoisotopic (exact) mass is 238 g/mol. The summed E-state index contributed by atoms with van der Waals surface area (Å²) in [6.07, 6.45) is 11.8. The van der Waals surface area contributed by atoms with Crippen LogP contribution >= 0.6 is 0 Å². The van der Waals surface area contributed by atoms with Crippen LogP contribution in [0.15, 0.2) is 6.20 Å². The highest BCUT2D eigenvalue weighted by molar-refractivity contribution is 4.92. The normalized spacial score (nSPS) is 10.9. The number of rotatable bonds is 10. The van der Waals surface area contributed by atoms with Crippen molar-refractivity contribution in [1.82, 2.24) is 15.0 Å². The van der Waals surface area contributed by atoms with E-state index in [1.165, 1.54) is 32.1 Å². The Labute approximate surface area is 105 Å². The molecule has 0 saturated heterocycles. The molecule has 0 amide bonds. The molecule has 1 aromatic rings. The van der Waals surface area contributed by atoms with Gasteiger partial charge in [-0.3, -0.25) is 4.68 Å². The summed E-state index contributed by atoms with van der Waals surface area (Å²) in [6, 6.07) is 0. The highest BCUT2D eigenvalue weighted by atomic mass is 15.4. The van der Waals surface area contributed by atoms with Gasteiger partial charge >= 0.3 is 0 Å². The van der Waals surface area contributed by atoms with E-state index in [2.05, 4.69) is 23.4 Å². The number of nitrogens with zero attached hydrogens (tertiary/aromatic N) is 3. The van der Waals surface area contributed by atoms with Crippen LogP contribution in [0.2, 0.25) is 0 Å². The lowest BCUT2D eigenvalue weighted by molar-refractivity contribution is 0.521. The summed E-state index contributed by atoms with van der Waals surface area (Å²) in [5.74, 6) is 0. The molecule has 0 bridgehead atoms. The molecule has 17 heavy (non-hydrogen) atoms. The summed E-state index contributed by atoms with van der Waals surface area (Å²) in [5, 5.41) is 8.32. The van der Waals surface area contributed by atoms with Gasteiger partial charge in [-0.25, -0.2) is 0 Å². The van der Waals surface area contributed by atoms with Crippen LogP contribution in [0.3, 0.4) is 0 Å². The second-order valence-electron chi connectivity index (χ2n) is 4.63. The molecule has 98 valence electrons. The van der Waals surface area contributed by atoms with Crippen molar-refractivity contribution in [2.24, 2.45) is 5.73 Å². The van der Waals surface area contributed by atoms with Crippen LogP contribution in [0.4, 0.5) is 0 Å². The van der Waals surface area contributed by atoms with Gasteiger partial charge < -0.3 is 5.73 Å². The van der Waals surface area contributed by atoms with Crippen LogP contribution < -0.4 is 5.73 Å². The Kier molecular flexibility index (Phi) is 7.63. The SMILES string of the molecule is CCCCCCCn1cc(CCCCN)nn1. The van der Waals surface area contributed by atoms with E-state index >= 15 is 0 Å². The zero-order chi connectivity index (χ0) is 12.3. The third-order valence-electron chi connectivity index (χ3n) is 2.96. The first-order chi connectivity index (χ1) is 8.36. The van der Waals surface area contributed by atoms with Crippen molar-refractivity contribution in [3.8, 4) is 0 Å². The summed E-state index contributed by atoms with van der Waals surface area (Å²) >= 11 is 0. The van der Waals surface area contributed by atoms with Crippen molar-refractivity contribution in [1.29, 1.82) is 0 Å². The molecule has 4 heteroatoms. The van der Waals surface area contributed by atoms with E-state index in [1.807, 2.05) is 4.68 Å². The van der Waals surface area contributed by atoms with Gasteiger partial charge in [0.2, 0.25) is 0 Å². The minimum Gasteiger partial charge on any atom is -0.330 e. The maximum atomic E-state index is 5.46. The Hall–Kier alpha value is -0.900. The van der Waals surface area contributed by atoms with Gasteiger partial charge in [-0.15, -0.1) is 5.10 Å². The zero-order valence-corrected chi connectivity index (χ0v) is 11.1. The quantitative estimate of drug-likeness (QED) is 0.637. The van der Waals surface area contributed by atoms with Gasteiger partial charge in [0.15, 0.2) is 0 Å². The average molecular weight is 238 g/mol. The second kappa shape index (κ2) is 9.16. The smallest absolute Gasteiger partial charge is 0.0827 e. The molecule has 0 aromatic carbocycles. The second-order valence-corrected chi connectivity index (χ2v) is 4.63. The van der Waals surface area contributed by atoms with Crippen LogP contribution in [-0.4, -0.2) is 21.5 Å². The van der Waals surface area contributed by atoms with Crippen molar-refractivity contribution in [3.63, 3.8) is 0 Å². The van der Waals surface area contributed by atoms with Gasteiger partial charge in [0.25, 0.3) is 0 Å². The summed E-state index contributed by atoms with van der Waals surface area (Å²) in [4.78, 5) is 0. The van der Waals surface area contributed by atoms with Crippen LogP contribution in [-0.2, 0) is 13.0 Å². The van der Waals surface area contributed by atoms with Gasteiger partial charge in [0.1, 0.15) is 0 Å². The van der Waals surface area contributed by atoms with Crippen LogP contribution in [0.25, 0.3) is 0 Å². The highest BCUT2D eigenvalue weighted by Gasteiger charge is 2.00. The van der Waals surface area contributed by atoms with Gasteiger partial charge in [-0.2, -0.15) is 0 Å². The molecule has 0 fully saturated rings. The average Bonchev–Trinajstić information content (AvgIpc) is 2.77. The predicted octanol–water partition coefficient (Wildman–Crippen LogP) is 2.53. The summed E-state index contributed by atoms with van der Waals surface area (Å²) in [7, 11) is 0. The standard InChI is InChI=1S/C13H26N4/c1-2-3-4-5-8-11-17-12-13(15-16-17)9-6-7-10-14/h12H,2-11,14H2,1H3. The molecular weight excluding hydrogens is 212 g/mol. The first kappa shape index (κ1) is 14.2. The topological polar surface area (TPSA) is 56.7 Å². The minimum absolute atomic E-state index is 0.769. The molecular formula is C13H26N4. The Morgan fingerprint density at radius 2 is 1.94 bits per heavy atom. The number of aryl methyl sites for hydroxylation is 2. The van der Waals surface area contributed by atoms with Crippen molar-refractivity contribution in [2.75, 3.05) is 6.54 Å². The van der Waals surface area contributed by atoms with Crippen molar-refractivity contribution in [3.05, 3.63) is 11.9 Å². The highest BCUT2D eigenvalue weighted by Crippen LogP contribution is 2.05. The number of aromatic nitrogens is 3. The maximum absolute atomic E-state index is 5.46. The lowest BCUT2D eigenvalue weighted by Crippen LogP contribution is -1.99. The van der Waals surface area contributed by atoms with E-state index in [4.69, 9.17) is 5.73 Å². The van der Waals surface area contributed by atoms with E-state index in [9.17, 15) is 0 Å². The Morgan fingerprint density at radius 3 is 2.71 bits per heavy atom. The molecule has 0 aliphatic heterocycles. The third-order valence-corrected chi connectivity index (χ3v) is 2.96. The minimum atomic E-state index is 0.769. The predicted molar refractivity (Wildman–Crippen MR) is 70.8 cm³/mol. The lowest BCUT2D eigenvalue weighted by Gasteiger charge is -1.99. The Morgan fingerprint density at radius 1 is 1.12 bits per heavy atom. The van der Waals surface area contributed by atoms with Gasteiger partial charge in [-0.05, 0) is 32.2 Å². The van der Waals surface area contributed by atoms with Crippen LogP contribution in [0.1, 0.15) is 57.6 Å². The molecule has 0 unspecified atom stereocenters. The molecule has 0 radical (unpaired) electrons. The number of hydrogen-bond acceptors (Lipinski definition) is 3. The first-order valence-corrected chi connectivity index (χ1v) is 6.96. The largest absolute Gasteiger partial charge is 0.330 e. The Bertz CT molecular complexity index is 283. The fourth-order valence-corrected chi connectivity index (χ4v) is 1.89. The number of nitrogens with two attached hydrogens (primary N) is 1. The van der Waals surface area contributed by atoms with Crippen molar-refractivity contribution >= 4 is 0 Å². The fourth-order valence-electron chi connectivity index (χ4n) is 1.89. The van der Waals surface area contributed by atoms with Crippen molar-refractivity contribution < 1.29 is 0 Å². The molecule has 0 aliphatic rings. The third kappa shape index (κ3) is 6.41. The molecule has 0 aliphatic carbocycles. The van der Waals surface area contributed by atoms with E-state index in [1.54, 1.807) is 0 Å². The summed E-state index contributed by atoms with van der Waals surface area (Å²) in [6.45, 7) is 4.02. The Balaban J connectivity index is 2.12. The molecule has 1 heterocycles. The van der Waals surface area contributed by atoms with Gasteiger partial charge in [-0.1, -0.05) is 37.8 Å². The number of unbranched alkanes of at least 4 members (excludes halogenated alkanes) is 5. The molecule has 4 nitrogen and oxygen atoms in total. The van der Waals surface area contributed by atoms with E-state index in [0.717, 1.165) is 38.0 Å². The molecule has 1 rings (SSSR count). The van der Waals surface area contributed by atoms with Crippen molar-refractivity contribution in [2.45, 2.75) is 64.8 Å². The summed E-state index contributed by atoms with van der Waals surface area (Å²) in [5.41, 5.74) is 6.57. The molecule has 0 spiro atoms. The molecule has 1 aromatic heterocycles. The van der Waals surface area contributed by atoms with Crippen LogP contribution in [0, 0.1) is 0 Å². The lowest BCUT2D eigenvalue weighted by atomic mass is 10.1. The van der Waals surface area contributed by atoms with Gasteiger partial charge in [0, 0.05) is 12.7 Å². The van der Waals surface area contributed by atoms with Crippen LogP contribution in [0.5, 0.6) is 0 Å². The molecule has 0 saturated carbocycles.